The number of hydrogen-bond acceptors (Lipinski definition) is 6. The SMILES string of the molecule is NC(=O)c1ccc(CN(c2nccc(-c3cccnc3)n2)c2ccccc2N)cc1. The number of carbonyl (C=O) groups excluding carboxylic acids is 1. The molecule has 2 aromatic carbocycles. The van der Waals surface area contributed by atoms with Crippen molar-refractivity contribution in [2.75, 3.05) is 10.6 Å². The second-order valence-corrected chi connectivity index (χ2v) is 6.69. The van der Waals surface area contributed by atoms with Crippen LogP contribution in [-0.4, -0.2) is 20.9 Å². The van der Waals surface area contributed by atoms with Gasteiger partial charge in [0.25, 0.3) is 0 Å². The highest BCUT2D eigenvalue weighted by atomic mass is 16.1. The molecule has 4 aromatic rings. The zero-order valence-corrected chi connectivity index (χ0v) is 16.1. The van der Waals surface area contributed by atoms with E-state index in [2.05, 4.69) is 9.97 Å². The predicted molar refractivity (Wildman–Crippen MR) is 117 cm³/mol. The number of rotatable bonds is 6. The molecule has 0 bridgehead atoms. The van der Waals surface area contributed by atoms with Crippen molar-refractivity contribution in [3.8, 4) is 11.3 Å². The molecule has 148 valence electrons. The van der Waals surface area contributed by atoms with E-state index in [-0.39, 0.29) is 0 Å². The molecule has 1 amide bonds. The first kappa shape index (κ1) is 19.1. The molecule has 0 atom stereocenters. The maximum atomic E-state index is 11.4. The molecular formula is C23H20N6O. The number of nitrogens with two attached hydrogens (primary N) is 2. The third-order valence-corrected chi connectivity index (χ3v) is 4.65. The van der Waals surface area contributed by atoms with Crippen LogP contribution >= 0.6 is 0 Å². The van der Waals surface area contributed by atoms with Crippen LogP contribution < -0.4 is 16.4 Å². The monoisotopic (exact) mass is 396 g/mol. The summed E-state index contributed by atoms with van der Waals surface area (Å²) in [4.78, 5) is 26.7. The van der Waals surface area contributed by atoms with Gasteiger partial charge in [0.15, 0.2) is 0 Å². The van der Waals surface area contributed by atoms with Gasteiger partial charge in [0.1, 0.15) is 0 Å². The summed E-state index contributed by atoms with van der Waals surface area (Å²) in [6.45, 7) is 0.462. The van der Waals surface area contributed by atoms with Crippen LogP contribution in [0.5, 0.6) is 0 Å². The zero-order chi connectivity index (χ0) is 20.9. The molecule has 30 heavy (non-hydrogen) atoms. The minimum atomic E-state index is -0.460. The summed E-state index contributed by atoms with van der Waals surface area (Å²) in [6.07, 6.45) is 5.20. The molecule has 4 N–H and O–H groups in total. The van der Waals surface area contributed by atoms with Crippen molar-refractivity contribution in [2.24, 2.45) is 5.73 Å². The summed E-state index contributed by atoms with van der Waals surface area (Å²) < 4.78 is 0. The van der Waals surface area contributed by atoms with Gasteiger partial charge < -0.3 is 16.4 Å². The van der Waals surface area contributed by atoms with Gasteiger partial charge in [0.2, 0.25) is 11.9 Å². The molecule has 2 heterocycles. The number of aromatic nitrogens is 3. The van der Waals surface area contributed by atoms with Crippen LogP contribution in [0.1, 0.15) is 15.9 Å². The number of primary amides is 1. The summed E-state index contributed by atoms with van der Waals surface area (Å²) in [7, 11) is 0. The molecule has 7 heteroatoms. The number of hydrogen-bond donors (Lipinski definition) is 2. The summed E-state index contributed by atoms with van der Waals surface area (Å²) in [5.74, 6) is 0.0476. The van der Waals surface area contributed by atoms with Gasteiger partial charge in [-0.25, -0.2) is 9.97 Å². The number of benzene rings is 2. The number of carbonyl (C=O) groups is 1. The van der Waals surface area contributed by atoms with Crippen molar-refractivity contribution >= 4 is 23.2 Å². The maximum absolute atomic E-state index is 11.4. The average Bonchev–Trinajstić information content (AvgIpc) is 2.79. The van der Waals surface area contributed by atoms with Gasteiger partial charge in [-0.1, -0.05) is 24.3 Å². The Kier molecular flexibility index (Phi) is 5.34. The highest BCUT2D eigenvalue weighted by Crippen LogP contribution is 2.31. The number of pyridine rings is 1. The lowest BCUT2D eigenvalue weighted by Gasteiger charge is -2.24. The minimum Gasteiger partial charge on any atom is -0.397 e. The molecule has 0 aliphatic rings. The molecule has 0 spiro atoms. The van der Waals surface area contributed by atoms with Crippen LogP contribution in [0.25, 0.3) is 11.3 Å². The molecule has 0 saturated carbocycles. The second kappa shape index (κ2) is 8.40. The van der Waals surface area contributed by atoms with Crippen LogP contribution in [0.2, 0.25) is 0 Å². The van der Waals surface area contributed by atoms with Gasteiger partial charge in [0, 0.05) is 29.7 Å². The molecular weight excluding hydrogens is 376 g/mol. The first-order valence-electron chi connectivity index (χ1n) is 9.36. The maximum Gasteiger partial charge on any atom is 0.248 e. The van der Waals surface area contributed by atoms with Gasteiger partial charge in [-0.2, -0.15) is 0 Å². The molecule has 0 fully saturated rings. The first-order chi connectivity index (χ1) is 14.6. The smallest absolute Gasteiger partial charge is 0.248 e. The summed E-state index contributed by atoms with van der Waals surface area (Å²) in [5, 5.41) is 0. The van der Waals surface area contributed by atoms with Gasteiger partial charge in [-0.3, -0.25) is 9.78 Å². The van der Waals surface area contributed by atoms with E-state index in [1.54, 1.807) is 30.7 Å². The fraction of sp³-hybridized carbons (Fsp3) is 0.0435. The van der Waals surface area contributed by atoms with Gasteiger partial charge >= 0.3 is 0 Å². The summed E-state index contributed by atoms with van der Waals surface area (Å²) >= 11 is 0. The van der Waals surface area contributed by atoms with Crippen LogP contribution in [0.3, 0.4) is 0 Å². The molecule has 2 aromatic heterocycles. The molecule has 0 saturated heterocycles. The van der Waals surface area contributed by atoms with Crippen molar-refractivity contribution < 1.29 is 4.79 Å². The molecule has 7 nitrogen and oxygen atoms in total. The normalized spacial score (nSPS) is 10.5. The Morgan fingerprint density at radius 2 is 1.73 bits per heavy atom. The molecule has 4 rings (SSSR count). The van der Waals surface area contributed by atoms with Crippen molar-refractivity contribution in [3.63, 3.8) is 0 Å². The second-order valence-electron chi connectivity index (χ2n) is 6.69. The van der Waals surface area contributed by atoms with E-state index in [4.69, 9.17) is 16.5 Å². The Hall–Kier alpha value is -4.26. The van der Waals surface area contributed by atoms with Crippen LogP contribution in [0.4, 0.5) is 17.3 Å². The third-order valence-electron chi connectivity index (χ3n) is 4.65. The lowest BCUT2D eigenvalue weighted by atomic mass is 10.1. The summed E-state index contributed by atoms with van der Waals surface area (Å²) in [5.41, 5.74) is 16.1. The van der Waals surface area contributed by atoms with E-state index in [0.29, 0.717) is 23.7 Å². The molecule has 0 radical (unpaired) electrons. The van der Waals surface area contributed by atoms with Crippen molar-refractivity contribution in [1.82, 2.24) is 15.0 Å². The average molecular weight is 396 g/mol. The highest BCUT2D eigenvalue weighted by Gasteiger charge is 2.17. The highest BCUT2D eigenvalue weighted by molar-refractivity contribution is 5.92. The number of anilines is 3. The molecule has 0 aliphatic heterocycles. The van der Waals surface area contributed by atoms with Gasteiger partial charge in [0.05, 0.1) is 23.6 Å². The first-order valence-corrected chi connectivity index (χ1v) is 9.36. The number of nitrogens with zero attached hydrogens (tertiary/aromatic N) is 4. The Morgan fingerprint density at radius 3 is 2.43 bits per heavy atom. The lowest BCUT2D eigenvalue weighted by Crippen LogP contribution is -2.20. The van der Waals surface area contributed by atoms with Crippen LogP contribution in [-0.2, 0) is 6.54 Å². The van der Waals surface area contributed by atoms with E-state index >= 15 is 0 Å². The van der Waals surface area contributed by atoms with E-state index in [1.807, 2.05) is 59.5 Å². The van der Waals surface area contributed by atoms with Crippen LogP contribution in [0.15, 0.2) is 85.3 Å². The van der Waals surface area contributed by atoms with Crippen LogP contribution in [0, 0.1) is 0 Å². The standard InChI is InChI=1S/C23H20N6O/c24-19-5-1-2-6-21(19)29(15-16-7-9-17(10-8-16)22(25)30)23-27-13-11-20(28-23)18-4-3-12-26-14-18/h1-14H,15,24H2,(H2,25,30). The van der Waals surface area contributed by atoms with Gasteiger partial charge in [-0.15, -0.1) is 0 Å². The third kappa shape index (κ3) is 4.10. The Morgan fingerprint density at radius 1 is 0.933 bits per heavy atom. The Bertz CT molecular complexity index is 1160. The van der Waals surface area contributed by atoms with Crippen molar-refractivity contribution in [1.29, 1.82) is 0 Å². The zero-order valence-electron chi connectivity index (χ0n) is 16.1. The quantitative estimate of drug-likeness (QED) is 0.482. The Labute approximate surface area is 174 Å². The summed E-state index contributed by atoms with van der Waals surface area (Å²) in [6, 6.07) is 20.3. The fourth-order valence-electron chi connectivity index (χ4n) is 3.11. The predicted octanol–water partition coefficient (Wildman–Crippen LogP) is 3.56. The number of nitrogen functional groups attached to an aromatic ring is 1. The molecule has 0 unspecified atom stereocenters. The topological polar surface area (TPSA) is 111 Å². The number of para-hydroxylation sites is 2. The number of amides is 1. The van der Waals surface area contributed by atoms with E-state index in [9.17, 15) is 4.79 Å². The van der Waals surface area contributed by atoms with Gasteiger partial charge in [-0.05, 0) is 48.0 Å². The van der Waals surface area contributed by atoms with E-state index in [1.165, 1.54) is 0 Å². The largest absolute Gasteiger partial charge is 0.397 e. The minimum absolute atomic E-state index is 0.458. The van der Waals surface area contributed by atoms with E-state index in [0.717, 1.165) is 22.5 Å². The Balaban J connectivity index is 1.75. The molecule has 0 aliphatic carbocycles. The van der Waals surface area contributed by atoms with E-state index < -0.39 is 5.91 Å². The van der Waals surface area contributed by atoms with Crippen molar-refractivity contribution in [2.45, 2.75) is 6.54 Å². The van der Waals surface area contributed by atoms with Crippen molar-refractivity contribution in [3.05, 3.63) is 96.4 Å². The lowest BCUT2D eigenvalue weighted by molar-refractivity contribution is 0.100. The fourth-order valence-corrected chi connectivity index (χ4v) is 3.11.